The summed E-state index contributed by atoms with van der Waals surface area (Å²) in [6.45, 7) is 8.69. The lowest BCUT2D eigenvalue weighted by Gasteiger charge is -2.17. The van der Waals surface area contributed by atoms with Crippen LogP contribution < -0.4 is 4.74 Å². The van der Waals surface area contributed by atoms with Gasteiger partial charge in [-0.3, -0.25) is 0 Å². The summed E-state index contributed by atoms with van der Waals surface area (Å²) in [5.41, 5.74) is 0.599. The number of aliphatic hydroxyl groups excluding tert-OH is 1. The molecule has 1 aromatic rings. The third-order valence-electron chi connectivity index (χ3n) is 2.76. The Morgan fingerprint density at radius 1 is 1.33 bits per heavy atom. The van der Waals surface area contributed by atoms with Crippen LogP contribution >= 0.6 is 0 Å². The minimum absolute atomic E-state index is 0.296. The maximum atomic E-state index is 13.6. The Kier molecular flexibility index (Phi) is 5.15. The molecule has 0 saturated carbocycles. The zero-order chi connectivity index (χ0) is 13.8. The first kappa shape index (κ1) is 15.0. The number of aliphatic hydroxyl groups is 1. The van der Waals surface area contributed by atoms with Crippen molar-refractivity contribution >= 4 is 0 Å². The van der Waals surface area contributed by atoms with E-state index in [0.29, 0.717) is 23.3 Å². The third kappa shape index (κ3) is 5.05. The number of ether oxygens (including phenoxy) is 1. The Hall–Kier alpha value is -1.09. The SMILES string of the molecule is C[C@H](O)c1ccc(OCCCC(C)(C)C)cc1F. The summed E-state index contributed by atoms with van der Waals surface area (Å²) in [6.07, 6.45) is 1.23. The first-order valence-corrected chi connectivity index (χ1v) is 6.40. The first-order chi connectivity index (χ1) is 8.29. The molecule has 0 unspecified atom stereocenters. The fourth-order valence-corrected chi connectivity index (χ4v) is 1.73. The van der Waals surface area contributed by atoms with Crippen LogP contribution in [0.1, 0.15) is 52.2 Å². The molecule has 3 heteroatoms. The summed E-state index contributed by atoms with van der Waals surface area (Å²) in [4.78, 5) is 0. The summed E-state index contributed by atoms with van der Waals surface area (Å²) >= 11 is 0. The number of halogens is 1. The van der Waals surface area contributed by atoms with Crippen molar-refractivity contribution in [2.24, 2.45) is 5.41 Å². The average molecular weight is 254 g/mol. The van der Waals surface area contributed by atoms with Crippen LogP contribution in [0.4, 0.5) is 4.39 Å². The van der Waals surface area contributed by atoms with E-state index in [0.717, 1.165) is 12.8 Å². The number of hydrogen-bond acceptors (Lipinski definition) is 2. The molecule has 1 N–H and O–H groups in total. The fourth-order valence-electron chi connectivity index (χ4n) is 1.73. The van der Waals surface area contributed by atoms with Crippen molar-refractivity contribution in [1.29, 1.82) is 0 Å². The molecule has 0 aliphatic heterocycles. The second kappa shape index (κ2) is 6.19. The van der Waals surface area contributed by atoms with Crippen LogP contribution in [-0.4, -0.2) is 11.7 Å². The minimum Gasteiger partial charge on any atom is -0.493 e. The van der Waals surface area contributed by atoms with Crippen LogP contribution in [0.3, 0.4) is 0 Å². The Labute approximate surface area is 109 Å². The molecule has 102 valence electrons. The quantitative estimate of drug-likeness (QED) is 0.802. The number of rotatable bonds is 5. The van der Waals surface area contributed by atoms with E-state index in [1.165, 1.54) is 6.07 Å². The second-order valence-corrected chi connectivity index (χ2v) is 5.87. The van der Waals surface area contributed by atoms with Crippen LogP contribution in [0, 0.1) is 11.2 Å². The molecular weight excluding hydrogens is 231 g/mol. The summed E-state index contributed by atoms with van der Waals surface area (Å²) < 4.78 is 19.1. The highest BCUT2D eigenvalue weighted by atomic mass is 19.1. The fraction of sp³-hybridized carbons (Fsp3) is 0.600. The molecule has 1 rings (SSSR count). The van der Waals surface area contributed by atoms with Crippen LogP contribution in [0.2, 0.25) is 0 Å². The molecular formula is C15H23FO2. The standard InChI is InChI=1S/C15H23FO2/c1-11(17)13-7-6-12(10-14(13)16)18-9-5-8-15(2,3)4/h6-7,10-11,17H,5,8-9H2,1-4H3/t11-/m0/s1. The predicted molar refractivity (Wildman–Crippen MR) is 71.2 cm³/mol. The van der Waals surface area contributed by atoms with Crippen molar-refractivity contribution in [3.8, 4) is 5.75 Å². The molecule has 0 radical (unpaired) electrons. The number of hydrogen-bond donors (Lipinski definition) is 1. The Bertz CT molecular complexity index is 381. The van der Waals surface area contributed by atoms with Gasteiger partial charge in [0.1, 0.15) is 11.6 Å². The van der Waals surface area contributed by atoms with E-state index < -0.39 is 11.9 Å². The van der Waals surface area contributed by atoms with E-state index in [1.54, 1.807) is 19.1 Å². The van der Waals surface area contributed by atoms with Crippen molar-refractivity contribution in [2.45, 2.75) is 46.6 Å². The lowest BCUT2D eigenvalue weighted by Crippen LogP contribution is -2.08. The highest BCUT2D eigenvalue weighted by molar-refractivity contribution is 5.29. The zero-order valence-electron chi connectivity index (χ0n) is 11.7. The molecule has 1 aromatic carbocycles. The monoisotopic (exact) mass is 254 g/mol. The van der Waals surface area contributed by atoms with Crippen LogP contribution in [0.5, 0.6) is 5.75 Å². The molecule has 2 nitrogen and oxygen atoms in total. The first-order valence-electron chi connectivity index (χ1n) is 6.40. The molecule has 18 heavy (non-hydrogen) atoms. The maximum Gasteiger partial charge on any atom is 0.132 e. The van der Waals surface area contributed by atoms with Gasteiger partial charge in [0.05, 0.1) is 12.7 Å². The normalized spacial score (nSPS) is 13.4. The van der Waals surface area contributed by atoms with Gasteiger partial charge >= 0.3 is 0 Å². The van der Waals surface area contributed by atoms with Crippen molar-refractivity contribution < 1.29 is 14.2 Å². The Balaban J connectivity index is 2.47. The summed E-state index contributed by atoms with van der Waals surface area (Å²) in [6, 6.07) is 4.60. The molecule has 0 aromatic heterocycles. The molecule has 0 spiro atoms. The summed E-state index contributed by atoms with van der Waals surface area (Å²) in [5, 5.41) is 9.32. The van der Waals surface area contributed by atoms with Gasteiger partial charge in [-0.2, -0.15) is 0 Å². The minimum atomic E-state index is -0.792. The maximum absolute atomic E-state index is 13.6. The van der Waals surface area contributed by atoms with Crippen LogP contribution in [-0.2, 0) is 0 Å². The van der Waals surface area contributed by atoms with Crippen molar-refractivity contribution in [3.63, 3.8) is 0 Å². The van der Waals surface area contributed by atoms with E-state index in [-0.39, 0.29) is 0 Å². The molecule has 0 aliphatic carbocycles. The molecule has 0 amide bonds. The summed E-state index contributed by atoms with van der Waals surface area (Å²) in [7, 11) is 0. The van der Waals surface area contributed by atoms with E-state index in [9.17, 15) is 9.50 Å². The van der Waals surface area contributed by atoms with Gasteiger partial charge in [0.25, 0.3) is 0 Å². The zero-order valence-corrected chi connectivity index (χ0v) is 11.7. The molecule has 0 bridgehead atoms. The largest absolute Gasteiger partial charge is 0.493 e. The van der Waals surface area contributed by atoms with Gasteiger partial charge < -0.3 is 9.84 Å². The second-order valence-electron chi connectivity index (χ2n) is 5.87. The third-order valence-corrected chi connectivity index (χ3v) is 2.76. The average Bonchev–Trinajstić information content (AvgIpc) is 2.22. The van der Waals surface area contributed by atoms with Gasteiger partial charge in [-0.15, -0.1) is 0 Å². The van der Waals surface area contributed by atoms with Crippen LogP contribution in [0.15, 0.2) is 18.2 Å². The van der Waals surface area contributed by atoms with Gasteiger partial charge in [0.2, 0.25) is 0 Å². The highest BCUT2D eigenvalue weighted by Crippen LogP contribution is 2.23. The predicted octanol–water partition coefficient (Wildman–Crippen LogP) is 4.08. The van der Waals surface area contributed by atoms with E-state index >= 15 is 0 Å². The van der Waals surface area contributed by atoms with E-state index in [4.69, 9.17) is 4.74 Å². The van der Waals surface area contributed by atoms with E-state index in [2.05, 4.69) is 20.8 Å². The molecule has 0 aliphatic rings. The van der Waals surface area contributed by atoms with E-state index in [1.807, 2.05) is 0 Å². The number of benzene rings is 1. The van der Waals surface area contributed by atoms with Crippen LogP contribution in [0.25, 0.3) is 0 Å². The topological polar surface area (TPSA) is 29.5 Å². The highest BCUT2D eigenvalue weighted by Gasteiger charge is 2.11. The Morgan fingerprint density at radius 2 is 2.00 bits per heavy atom. The molecule has 0 fully saturated rings. The van der Waals surface area contributed by atoms with Gasteiger partial charge in [0, 0.05) is 11.6 Å². The lowest BCUT2D eigenvalue weighted by molar-refractivity contribution is 0.193. The smallest absolute Gasteiger partial charge is 0.132 e. The van der Waals surface area contributed by atoms with Crippen molar-refractivity contribution in [2.75, 3.05) is 6.61 Å². The van der Waals surface area contributed by atoms with Gasteiger partial charge in [0.15, 0.2) is 0 Å². The molecule has 0 saturated heterocycles. The molecule has 0 heterocycles. The van der Waals surface area contributed by atoms with Crippen molar-refractivity contribution in [3.05, 3.63) is 29.6 Å². The van der Waals surface area contributed by atoms with Gasteiger partial charge in [-0.1, -0.05) is 20.8 Å². The van der Waals surface area contributed by atoms with Crippen molar-refractivity contribution in [1.82, 2.24) is 0 Å². The lowest BCUT2D eigenvalue weighted by atomic mass is 9.91. The summed E-state index contributed by atoms with van der Waals surface area (Å²) in [5.74, 6) is 0.101. The van der Waals surface area contributed by atoms with Gasteiger partial charge in [-0.05, 0) is 37.3 Å². The Morgan fingerprint density at radius 3 is 2.50 bits per heavy atom. The van der Waals surface area contributed by atoms with Gasteiger partial charge in [-0.25, -0.2) is 4.39 Å². The molecule has 1 atom stereocenters.